The molecule has 0 unspecified atom stereocenters. The lowest BCUT2D eigenvalue weighted by atomic mass is 10.1. The van der Waals surface area contributed by atoms with Gasteiger partial charge in [-0.3, -0.25) is 9.97 Å². The average Bonchev–Trinajstić information content (AvgIpc) is 2.27. The first-order chi connectivity index (χ1) is 7.22. The van der Waals surface area contributed by atoms with E-state index in [2.05, 4.69) is 14.7 Å². The molecule has 2 aromatic heterocycles. The van der Waals surface area contributed by atoms with Crippen molar-refractivity contribution in [2.75, 3.05) is 7.11 Å². The predicted molar refractivity (Wildman–Crippen MR) is 55.6 cm³/mol. The molecule has 15 heavy (non-hydrogen) atoms. The molecule has 0 saturated carbocycles. The van der Waals surface area contributed by atoms with E-state index >= 15 is 0 Å². The van der Waals surface area contributed by atoms with E-state index in [9.17, 15) is 4.79 Å². The molecule has 4 nitrogen and oxygen atoms in total. The van der Waals surface area contributed by atoms with Crippen molar-refractivity contribution in [3.63, 3.8) is 0 Å². The predicted octanol–water partition coefficient (Wildman–Crippen LogP) is 1.72. The molecule has 0 aliphatic heterocycles. The van der Waals surface area contributed by atoms with E-state index in [1.807, 2.05) is 6.07 Å². The number of aryl methyl sites for hydroxylation is 1. The lowest BCUT2D eigenvalue weighted by molar-refractivity contribution is 0.0599. The number of fused-ring (bicyclic) bond motifs is 1. The van der Waals surface area contributed by atoms with Gasteiger partial charge in [-0.2, -0.15) is 0 Å². The quantitative estimate of drug-likeness (QED) is 0.661. The van der Waals surface area contributed by atoms with Gasteiger partial charge in [0, 0.05) is 17.8 Å². The fourth-order valence-electron chi connectivity index (χ4n) is 1.43. The van der Waals surface area contributed by atoms with E-state index in [1.165, 1.54) is 7.11 Å². The third-order valence-electron chi connectivity index (χ3n) is 2.21. The third-order valence-corrected chi connectivity index (χ3v) is 2.21. The summed E-state index contributed by atoms with van der Waals surface area (Å²) in [5, 5.41) is 0.837. The first-order valence-electron chi connectivity index (χ1n) is 4.52. The van der Waals surface area contributed by atoms with Crippen molar-refractivity contribution in [3.05, 3.63) is 35.8 Å². The molecule has 0 N–H and O–H groups in total. The van der Waals surface area contributed by atoms with Crippen LogP contribution >= 0.6 is 0 Å². The summed E-state index contributed by atoms with van der Waals surface area (Å²) < 4.78 is 4.67. The SMILES string of the molecule is COC(=O)c1cc2cnccc2nc1C. The molecule has 2 heterocycles. The van der Waals surface area contributed by atoms with Crippen molar-refractivity contribution >= 4 is 16.9 Å². The normalized spacial score (nSPS) is 10.3. The van der Waals surface area contributed by atoms with Gasteiger partial charge >= 0.3 is 5.97 Å². The van der Waals surface area contributed by atoms with Crippen molar-refractivity contribution in [1.82, 2.24) is 9.97 Å². The maximum Gasteiger partial charge on any atom is 0.339 e. The van der Waals surface area contributed by atoms with Gasteiger partial charge in [0.15, 0.2) is 0 Å². The van der Waals surface area contributed by atoms with Crippen molar-refractivity contribution < 1.29 is 9.53 Å². The minimum absolute atomic E-state index is 0.370. The van der Waals surface area contributed by atoms with Gasteiger partial charge < -0.3 is 4.74 Å². The van der Waals surface area contributed by atoms with E-state index in [4.69, 9.17) is 0 Å². The third kappa shape index (κ3) is 1.66. The van der Waals surface area contributed by atoms with Gasteiger partial charge in [0.2, 0.25) is 0 Å². The second-order valence-electron chi connectivity index (χ2n) is 3.18. The Bertz CT molecular complexity index is 523. The van der Waals surface area contributed by atoms with Crippen LogP contribution in [0.1, 0.15) is 16.1 Å². The van der Waals surface area contributed by atoms with E-state index in [1.54, 1.807) is 25.4 Å². The van der Waals surface area contributed by atoms with Crippen LogP contribution in [0.3, 0.4) is 0 Å². The summed E-state index contributed by atoms with van der Waals surface area (Å²) in [6.45, 7) is 1.78. The highest BCUT2D eigenvalue weighted by Crippen LogP contribution is 2.15. The van der Waals surface area contributed by atoms with Gasteiger partial charge in [-0.15, -0.1) is 0 Å². The summed E-state index contributed by atoms with van der Waals surface area (Å²) >= 11 is 0. The highest BCUT2D eigenvalue weighted by atomic mass is 16.5. The topological polar surface area (TPSA) is 52.1 Å². The van der Waals surface area contributed by atoms with Crippen LogP contribution < -0.4 is 0 Å². The zero-order chi connectivity index (χ0) is 10.8. The number of carbonyl (C=O) groups is 1. The van der Waals surface area contributed by atoms with Gasteiger partial charge in [-0.1, -0.05) is 0 Å². The van der Waals surface area contributed by atoms with Crippen molar-refractivity contribution in [3.8, 4) is 0 Å². The van der Waals surface area contributed by atoms with E-state index < -0.39 is 0 Å². The number of rotatable bonds is 1. The number of hydrogen-bond acceptors (Lipinski definition) is 4. The second kappa shape index (κ2) is 3.65. The van der Waals surface area contributed by atoms with E-state index in [0.717, 1.165) is 10.9 Å². The largest absolute Gasteiger partial charge is 0.465 e. The number of aromatic nitrogens is 2. The van der Waals surface area contributed by atoms with Crippen molar-refractivity contribution in [2.24, 2.45) is 0 Å². The average molecular weight is 202 g/mol. The van der Waals surface area contributed by atoms with Crippen LogP contribution in [0.2, 0.25) is 0 Å². The van der Waals surface area contributed by atoms with E-state index in [0.29, 0.717) is 11.3 Å². The van der Waals surface area contributed by atoms with Crippen molar-refractivity contribution in [1.29, 1.82) is 0 Å². The van der Waals surface area contributed by atoms with Gasteiger partial charge in [0.25, 0.3) is 0 Å². The number of methoxy groups -OCH3 is 1. The zero-order valence-electron chi connectivity index (χ0n) is 8.52. The Morgan fingerprint density at radius 1 is 1.47 bits per heavy atom. The molecule has 0 aliphatic carbocycles. The molecule has 76 valence electrons. The summed E-state index contributed by atoms with van der Waals surface area (Å²) in [5.74, 6) is -0.370. The Balaban J connectivity index is 2.67. The molecule has 0 aliphatic rings. The van der Waals surface area contributed by atoms with Gasteiger partial charge in [-0.25, -0.2) is 4.79 Å². The number of ether oxygens (including phenoxy) is 1. The molecule has 0 aromatic carbocycles. The summed E-state index contributed by atoms with van der Waals surface area (Å²) in [6, 6.07) is 3.56. The molecule has 0 fully saturated rings. The molecule has 2 rings (SSSR count). The molecule has 0 radical (unpaired) electrons. The number of hydrogen-bond donors (Lipinski definition) is 0. The Morgan fingerprint density at radius 3 is 3.00 bits per heavy atom. The van der Waals surface area contributed by atoms with Crippen LogP contribution in [0.5, 0.6) is 0 Å². The lowest BCUT2D eigenvalue weighted by Gasteiger charge is -2.04. The monoisotopic (exact) mass is 202 g/mol. The molecule has 0 saturated heterocycles. The first-order valence-corrected chi connectivity index (χ1v) is 4.52. The Morgan fingerprint density at radius 2 is 2.27 bits per heavy atom. The Labute approximate surface area is 86.9 Å². The molecular weight excluding hydrogens is 192 g/mol. The first kappa shape index (κ1) is 9.58. The summed E-state index contributed by atoms with van der Waals surface area (Å²) in [6.07, 6.45) is 3.35. The fraction of sp³-hybridized carbons (Fsp3) is 0.182. The van der Waals surface area contributed by atoms with Crippen LogP contribution in [0.25, 0.3) is 10.9 Å². The van der Waals surface area contributed by atoms with Crippen LogP contribution in [0.15, 0.2) is 24.5 Å². The molecule has 4 heteroatoms. The molecule has 0 amide bonds. The molecule has 0 atom stereocenters. The molecule has 2 aromatic rings. The molecule has 0 spiro atoms. The highest BCUT2D eigenvalue weighted by Gasteiger charge is 2.11. The Kier molecular flexibility index (Phi) is 2.33. The maximum atomic E-state index is 11.4. The minimum Gasteiger partial charge on any atom is -0.465 e. The fourth-order valence-corrected chi connectivity index (χ4v) is 1.43. The summed E-state index contributed by atoms with van der Waals surface area (Å²) in [7, 11) is 1.36. The second-order valence-corrected chi connectivity index (χ2v) is 3.18. The van der Waals surface area contributed by atoms with E-state index in [-0.39, 0.29) is 5.97 Å². The molecular formula is C11H10N2O2. The standard InChI is InChI=1S/C11H10N2O2/c1-7-9(11(14)15-2)5-8-6-12-4-3-10(8)13-7/h3-6H,1-2H3. The lowest BCUT2D eigenvalue weighted by Crippen LogP contribution is -2.05. The summed E-state index contributed by atoms with van der Waals surface area (Å²) in [4.78, 5) is 19.7. The smallest absolute Gasteiger partial charge is 0.339 e. The number of esters is 1. The maximum absolute atomic E-state index is 11.4. The summed E-state index contributed by atoms with van der Waals surface area (Å²) in [5.41, 5.74) is 1.98. The van der Waals surface area contributed by atoms with Crippen molar-refractivity contribution in [2.45, 2.75) is 6.92 Å². The van der Waals surface area contributed by atoms with Crippen LogP contribution in [0.4, 0.5) is 0 Å². The van der Waals surface area contributed by atoms with Gasteiger partial charge in [0.1, 0.15) is 0 Å². The number of pyridine rings is 2. The number of carbonyl (C=O) groups excluding carboxylic acids is 1. The highest BCUT2D eigenvalue weighted by molar-refractivity contribution is 5.94. The minimum atomic E-state index is -0.370. The zero-order valence-corrected chi connectivity index (χ0v) is 8.52. The van der Waals surface area contributed by atoms with Crippen LogP contribution in [-0.2, 0) is 4.74 Å². The number of nitrogens with zero attached hydrogens (tertiary/aromatic N) is 2. The Hall–Kier alpha value is -1.97. The van der Waals surface area contributed by atoms with Gasteiger partial charge in [0.05, 0.1) is 23.9 Å². The van der Waals surface area contributed by atoms with Crippen LogP contribution in [0, 0.1) is 6.92 Å². The van der Waals surface area contributed by atoms with Gasteiger partial charge in [-0.05, 0) is 19.1 Å². The molecule has 0 bridgehead atoms. The van der Waals surface area contributed by atoms with Crippen LogP contribution in [-0.4, -0.2) is 23.0 Å².